The molecule has 2 heterocycles. The van der Waals surface area contributed by atoms with Crippen molar-refractivity contribution in [3.63, 3.8) is 0 Å². The first-order valence-electron chi connectivity index (χ1n) is 8.62. The van der Waals surface area contributed by atoms with Crippen molar-refractivity contribution in [2.45, 2.75) is 0 Å². The maximum atomic E-state index is 5.81. The van der Waals surface area contributed by atoms with Crippen molar-refractivity contribution in [3.8, 4) is 16.8 Å². The number of aromatic nitrogens is 2. The van der Waals surface area contributed by atoms with Crippen molar-refractivity contribution in [1.29, 1.82) is 0 Å². The summed E-state index contributed by atoms with van der Waals surface area (Å²) < 4.78 is 2.31. The first-order chi connectivity index (χ1) is 12.8. The van der Waals surface area contributed by atoms with Crippen LogP contribution in [-0.2, 0) is 0 Å². The molecule has 3 nitrogen and oxygen atoms in total. The van der Waals surface area contributed by atoms with Crippen LogP contribution in [0.4, 0.5) is 5.82 Å². The molecule has 0 spiro atoms. The molecule has 124 valence electrons. The van der Waals surface area contributed by atoms with Crippen LogP contribution in [0, 0.1) is 0 Å². The van der Waals surface area contributed by atoms with E-state index in [-0.39, 0.29) is 0 Å². The van der Waals surface area contributed by atoms with E-state index in [1.165, 1.54) is 21.8 Å². The Hall–Kier alpha value is -3.59. The molecule has 26 heavy (non-hydrogen) atoms. The summed E-state index contributed by atoms with van der Waals surface area (Å²) >= 11 is 0. The molecule has 0 fully saturated rings. The molecule has 5 aromatic rings. The summed E-state index contributed by atoms with van der Waals surface area (Å²) in [6.07, 6.45) is 1.74. The van der Waals surface area contributed by atoms with Gasteiger partial charge in [0.15, 0.2) is 0 Å². The molecule has 0 saturated heterocycles. The van der Waals surface area contributed by atoms with Gasteiger partial charge in [-0.25, -0.2) is 4.98 Å². The molecule has 3 heteroatoms. The van der Waals surface area contributed by atoms with Gasteiger partial charge in [-0.05, 0) is 47.5 Å². The van der Waals surface area contributed by atoms with Gasteiger partial charge in [0.25, 0.3) is 0 Å². The van der Waals surface area contributed by atoms with Gasteiger partial charge < -0.3 is 10.3 Å². The third-order valence-corrected chi connectivity index (χ3v) is 4.82. The average molecular weight is 335 g/mol. The largest absolute Gasteiger partial charge is 0.384 e. The van der Waals surface area contributed by atoms with Crippen LogP contribution in [0.25, 0.3) is 38.6 Å². The predicted molar refractivity (Wildman–Crippen MR) is 108 cm³/mol. The Kier molecular flexibility index (Phi) is 3.25. The second kappa shape index (κ2) is 5.74. The van der Waals surface area contributed by atoms with Crippen LogP contribution >= 0.6 is 0 Å². The number of pyridine rings is 1. The molecule has 0 atom stereocenters. The smallest absolute Gasteiger partial charge is 0.123 e. The van der Waals surface area contributed by atoms with Crippen LogP contribution in [0.3, 0.4) is 0 Å². The Morgan fingerprint density at radius 2 is 1.27 bits per heavy atom. The standard InChI is InChI=1S/C23H17N3/c24-23-15-17(13-14-25-23)16-9-11-18(12-10-16)26-21-7-3-1-5-19(21)20-6-2-4-8-22(20)26/h1-15H,(H2,24,25). The van der Waals surface area contributed by atoms with Crippen LogP contribution in [0.2, 0.25) is 0 Å². The van der Waals surface area contributed by atoms with Gasteiger partial charge in [-0.1, -0.05) is 48.5 Å². The lowest BCUT2D eigenvalue weighted by atomic mass is 10.1. The van der Waals surface area contributed by atoms with Crippen LogP contribution in [0.5, 0.6) is 0 Å². The van der Waals surface area contributed by atoms with Gasteiger partial charge in [0.1, 0.15) is 5.82 Å². The van der Waals surface area contributed by atoms with E-state index in [0.717, 1.165) is 16.8 Å². The first kappa shape index (κ1) is 14.7. The lowest BCUT2D eigenvalue weighted by molar-refractivity contribution is 1.18. The third-order valence-electron chi connectivity index (χ3n) is 4.82. The van der Waals surface area contributed by atoms with Crippen molar-refractivity contribution in [2.24, 2.45) is 0 Å². The zero-order chi connectivity index (χ0) is 17.5. The van der Waals surface area contributed by atoms with Crippen LogP contribution in [0.15, 0.2) is 91.1 Å². The summed E-state index contributed by atoms with van der Waals surface area (Å²) in [6, 6.07) is 29.5. The third kappa shape index (κ3) is 2.25. The highest BCUT2D eigenvalue weighted by Crippen LogP contribution is 2.32. The van der Waals surface area contributed by atoms with Crippen LogP contribution in [0.1, 0.15) is 0 Å². The van der Waals surface area contributed by atoms with Gasteiger partial charge in [-0.15, -0.1) is 0 Å². The minimum Gasteiger partial charge on any atom is -0.384 e. The van der Waals surface area contributed by atoms with E-state index >= 15 is 0 Å². The first-order valence-corrected chi connectivity index (χ1v) is 8.62. The number of nitrogen functional groups attached to an aromatic ring is 1. The lowest BCUT2D eigenvalue weighted by Gasteiger charge is -2.09. The number of rotatable bonds is 2. The van der Waals surface area contributed by atoms with E-state index in [1.807, 2.05) is 12.1 Å². The number of benzene rings is 3. The van der Waals surface area contributed by atoms with Gasteiger partial charge in [-0.2, -0.15) is 0 Å². The highest BCUT2D eigenvalue weighted by atomic mass is 15.0. The monoisotopic (exact) mass is 335 g/mol. The van der Waals surface area contributed by atoms with Gasteiger partial charge in [0.2, 0.25) is 0 Å². The summed E-state index contributed by atoms with van der Waals surface area (Å²) in [6.45, 7) is 0. The van der Waals surface area contributed by atoms with Crippen molar-refractivity contribution in [2.75, 3.05) is 5.73 Å². The molecular formula is C23H17N3. The van der Waals surface area contributed by atoms with Gasteiger partial charge in [-0.3, -0.25) is 0 Å². The number of hydrogen-bond donors (Lipinski definition) is 1. The topological polar surface area (TPSA) is 43.8 Å². The minimum atomic E-state index is 0.536. The summed E-state index contributed by atoms with van der Waals surface area (Å²) in [5.74, 6) is 0.536. The summed E-state index contributed by atoms with van der Waals surface area (Å²) in [5.41, 5.74) is 11.6. The van der Waals surface area contributed by atoms with Gasteiger partial charge in [0.05, 0.1) is 11.0 Å². The van der Waals surface area contributed by atoms with E-state index in [9.17, 15) is 0 Å². The summed E-state index contributed by atoms with van der Waals surface area (Å²) in [5, 5.41) is 2.54. The fourth-order valence-electron chi connectivity index (χ4n) is 3.63. The van der Waals surface area contributed by atoms with Crippen molar-refractivity contribution >= 4 is 27.6 Å². The van der Waals surface area contributed by atoms with E-state index < -0.39 is 0 Å². The SMILES string of the molecule is Nc1cc(-c2ccc(-n3c4ccccc4c4ccccc43)cc2)ccn1. The molecule has 0 amide bonds. The van der Waals surface area contributed by atoms with Crippen molar-refractivity contribution in [3.05, 3.63) is 91.1 Å². The maximum absolute atomic E-state index is 5.81. The zero-order valence-electron chi connectivity index (χ0n) is 14.1. The minimum absolute atomic E-state index is 0.536. The Bertz CT molecular complexity index is 1180. The molecule has 2 N–H and O–H groups in total. The second-order valence-electron chi connectivity index (χ2n) is 6.39. The van der Waals surface area contributed by atoms with Crippen LogP contribution < -0.4 is 5.73 Å². The van der Waals surface area contributed by atoms with E-state index in [1.54, 1.807) is 6.20 Å². The Labute approximate surface area is 151 Å². The zero-order valence-corrected chi connectivity index (χ0v) is 14.1. The number of nitrogens with zero attached hydrogens (tertiary/aromatic N) is 2. The number of nitrogens with two attached hydrogens (primary N) is 1. The average Bonchev–Trinajstić information content (AvgIpc) is 3.03. The molecule has 0 aliphatic rings. The molecule has 0 radical (unpaired) electrons. The highest BCUT2D eigenvalue weighted by Gasteiger charge is 2.11. The molecule has 2 aromatic heterocycles. The molecule has 0 aliphatic heterocycles. The number of fused-ring (bicyclic) bond motifs is 3. The predicted octanol–water partition coefficient (Wildman–Crippen LogP) is 5.43. The normalized spacial score (nSPS) is 11.2. The molecule has 5 rings (SSSR count). The lowest BCUT2D eigenvalue weighted by Crippen LogP contribution is -1.94. The molecule has 0 aliphatic carbocycles. The number of para-hydroxylation sites is 2. The number of anilines is 1. The van der Waals surface area contributed by atoms with E-state index in [4.69, 9.17) is 5.73 Å². The van der Waals surface area contributed by atoms with Gasteiger partial charge in [0, 0.05) is 22.7 Å². The molecule has 0 saturated carbocycles. The van der Waals surface area contributed by atoms with E-state index in [0.29, 0.717) is 5.82 Å². The Balaban J connectivity index is 1.70. The van der Waals surface area contributed by atoms with Crippen molar-refractivity contribution < 1.29 is 0 Å². The Morgan fingerprint density at radius 1 is 0.654 bits per heavy atom. The quantitative estimate of drug-likeness (QED) is 0.467. The van der Waals surface area contributed by atoms with Gasteiger partial charge >= 0.3 is 0 Å². The summed E-state index contributed by atoms with van der Waals surface area (Å²) in [7, 11) is 0. The number of hydrogen-bond acceptors (Lipinski definition) is 2. The van der Waals surface area contributed by atoms with Crippen LogP contribution in [-0.4, -0.2) is 9.55 Å². The molecule has 0 bridgehead atoms. The second-order valence-corrected chi connectivity index (χ2v) is 6.39. The fourth-order valence-corrected chi connectivity index (χ4v) is 3.63. The fraction of sp³-hybridized carbons (Fsp3) is 0. The summed E-state index contributed by atoms with van der Waals surface area (Å²) in [4.78, 5) is 4.07. The maximum Gasteiger partial charge on any atom is 0.123 e. The Morgan fingerprint density at radius 3 is 1.88 bits per heavy atom. The molecular weight excluding hydrogens is 318 g/mol. The highest BCUT2D eigenvalue weighted by molar-refractivity contribution is 6.09. The van der Waals surface area contributed by atoms with E-state index in [2.05, 4.69) is 82.3 Å². The van der Waals surface area contributed by atoms with Crippen molar-refractivity contribution in [1.82, 2.24) is 9.55 Å². The molecule has 0 unspecified atom stereocenters. The molecule has 3 aromatic carbocycles.